The molecule has 0 aliphatic rings. The van der Waals surface area contributed by atoms with Gasteiger partial charge in [-0.05, 0) is 18.4 Å². The molecule has 1 nitrogen and oxygen atoms in total. The molecule has 0 radical (unpaired) electrons. The SMILES string of the molecule is C=C(NCC)c1ccccc1C(C)C. The van der Waals surface area contributed by atoms with E-state index < -0.39 is 0 Å². The summed E-state index contributed by atoms with van der Waals surface area (Å²) in [6, 6.07) is 8.44. The normalized spacial score (nSPS) is 10.3. The van der Waals surface area contributed by atoms with Crippen molar-refractivity contribution in [3.8, 4) is 0 Å². The molecule has 1 aromatic carbocycles. The average Bonchev–Trinajstić information content (AvgIpc) is 2.18. The van der Waals surface area contributed by atoms with E-state index in [0.29, 0.717) is 5.92 Å². The molecule has 1 aromatic rings. The first-order valence-corrected chi connectivity index (χ1v) is 5.18. The van der Waals surface area contributed by atoms with Crippen molar-refractivity contribution >= 4 is 5.70 Å². The van der Waals surface area contributed by atoms with Crippen molar-refractivity contribution in [2.75, 3.05) is 6.54 Å². The Kier molecular flexibility index (Phi) is 3.75. The third kappa shape index (κ3) is 2.38. The Bertz CT molecular complexity index is 313. The first-order valence-electron chi connectivity index (χ1n) is 5.18. The first kappa shape index (κ1) is 10.8. The van der Waals surface area contributed by atoms with Gasteiger partial charge in [-0.3, -0.25) is 0 Å². The van der Waals surface area contributed by atoms with Gasteiger partial charge in [-0.1, -0.05) is 44.7 Å². The lowest BCUT2D eigenvalue weighted by molar-refractivity contribution is 0.854. The van der Waals surface area contributed by atoms with Gasteiger partial charge in [0, 0.05) is 17.8 Å². The van der Waals surface area contributed by atoms with Crippen LogP contribution in [0, 0.1) is 0 Å². The van der Waals surface area contributed by atoms with E-state index in [1.165, 1.54) is 11.1 Å². The van der Waals surface area contributed by atoms with Gasteiger partial charge in [0.2, 0.25) is 0 Å². The zero-order valence-electron chi connectivity index (χ0n) is 9.30. The highest BCUT2D eigenvalue weighted by atomic mass is 14.9. The van der Waals surface area contributed by atoms with E-state index in [1.807, 2.05) is 0 Å². The molecule has 0 bridgehead atoms. The Morgan fingerprint density at radius 1 is 1.36 bits per heavy atom. The topological polar surface area (TPSA) is 12.0 Å². The van der Waals surface area contributed by atoms with E-state index in [0.717, 1.165) is 12.2 Å². The average molecular weight is 189 g/mol. The van der Waals surface area contributed by atoms with Crippen LogP contribution >= 0.6 is 0 Å². The first-order chi connectivity index (χ1) is 6.66. The van der Waals surface area contributed by atoms with E-state index in [9.17, 15) is 0 Å². The molecule has 0 spiro atoms. The predicted molar refractivity (Wildman–Crippen MR) is 63.2 cm³/mol. The summed E-state index contributed by atoms with van der Waals surface area (Å²) in [6.45, 7) is 11.5. The van der Waals surface area contributed by atoms with Crippen LogP contribution in [-0.2, 0) is 0 Å². The van der Waals surface area contributed by atoms with Crippen molar-refractivity contribution in [2.45, 2.75) is 26.7 Å². The van der Waals surface area contributed by atoms with Gasteiger partial charge in [0.05, 0.1) is 0 Å². The van der Waals surface area contributed by atoms with Crippen LogP contribution in [-0.4, -0.2) is 6.54 Å². The number of hydrogen-bond acceptors (Lipinski definition) is 1. The second-order valence-corrected chi connectivity index (χ2v) is 3.75. The van der Waals surface area contributed by atoms with E-state index in [4.69, 9.17) is 0 Å². The Morgan fingerprint density at radius 2 is 2.00 bits per heavy atom. The molecule has 14 heavy (non-hydrogen) atoms. The van der Waals surface area contributed by atoms with Crippen molar-refractivity contribution in [1.29, 1.82) is 0 Å². The summed E-state index contributed by atoms with van der Waals surface area (Å²) in [5, 5.41) is 3.26. The molecule has 76 valence electrons. The van der Waals surface area contributed by atoms with E-state index >= 15 is 0 Å². The highest BCUT2D eigenvalue weighted by molar-refractivity contribution is 5.65. The second kappa shape index (κ2) is 4.85. The molecule has 1 heteroatoms. The molecule has 1 rings (SSSR count). The number of benzene rings is 1. The molecule has 0 amide bonds. The quantitative estimate of drug-likeness (QED) is 0.765. The molecule has 1 N–H and O–H groups in total. The minimum absolute atomic E-state index is 0.543. The monoisotopic (exact) mass is 189 g/mol. The van der Waals surface area contributed by atoms with Crippen molar-refractivity contribution in [3.63, 3.8) is 0 Å². The van der Waals surface area contributed by atoms with Crippen molar-refractivity contribution < 1.29 is 0 Å². The zero-order valence-corrected chi connectivity index (χ0v) is 9.30. The van der Waals surface area contributed by atoms with E-state index in [-0.39, 0.29) is 0 Å². The van der Waals surface area contributed by atoms with Crippen LogP contribution in [0.3, 0.4) is 0 Å². The fourth-order valence-electron chi connectivity index (χ4n) is 1.58. The molecular weight excluding hydrogens is 170 g/mol. The third-order valence-electron chi connectivity index (χ3n) is 2.30. The lowest BCUT2D eigenvalue weighted by Crippen LogP contribution is -2.11. The van der Waals surface area contributed by atoms with Crippen LogP contribution in [0.4, 0.5) is 0 Å². The molecule has 0 fully saturated rings. The standard InChI is InChI=1S/C13H19N/c1-5-14-11(4)13-9-7-6-8-12(13)10(2)3/h6-10,14H,4-5H2,1-3H3. The molecule has 0 saturated heterocycles. The van der Waals surface area contributed by atoms with Gasteiger partial charge >= 0.3 is 0 Å². The lowest BCUT2D eigenvalue weighted by atomic mass is 9.96. The van der Waals surface area contributed by atoms with Gasteiger partial charge in [-0.15, -0.1) is 0 Å². The summed E-state index contributed by atoms with van der Waals surface area (Å²) in [5.41, 5.74) is 3.62. The molecule has 0 atom stereocenters. The highest BCUT2D eigenvalue weighted by Crippen LogP contribution is 2.23. The maximum atomic E-state index is 4.05. The van der Waals surface area contributed by atoms with E-state index in [2.05, 4.69) is 56.9 Å². The maximum Gasteiger partial charge on any atom is 0.0343 e. The lowest BCUT2D eigenvalue weighted by Gasteiger charge is -2.15. The van der Waals surface area contributed by atoms with Crippen LogP contribution in [0.5, 0.6) is 0 Å². The summed E-state index contributed by atoms with van der Waals surface area (Å²) >= 11 is 0. The van der Waals surface area contributed by atoms with Crippen LogP contribution in [0.2, 0.25) is 0 Å². The molecule has 0 aliphatic carbocycles. The van der Waals surface area contributed by atoms with Crippen molar-refractivity contribution in [3.05, 3.63) is 42.0 Å². The fraction of sp³-hybridized carbons (Fsp3) is 0.385. The molecular formula is C13H19N. The van der Waals surface area contributed by atoms with Crippen molar-refractivity contribution in [2.24, 2.45) is 0 Å². The van der Waals surface area contributed by atoms with Gasteiger partial charge in [0.25, 0.3) is 0 Å². The smallest absolute Gasteiger partial charge is 0.0343 e. The number of nitrogens with one attached hydrogen (secondary N) is 1. The molecule has 0 unspecified atom stereocenters. The second-order valence-electron chi connectivity index (χ2n) is 3.75. The molecule has 0 aliphatic heterocycles. The number of rotatable bonds is 4. The van der Waals surface area contributed by atoms with Gasteiger partial charge in [-0.2, -0.15) is 0 Å². The Labute approximate surface area is 86.8 Å². The van der Waals surface area contributed by atoms with Gasteiger partial charge in [0.1, 0.15) is 0 Å². The minimum Gasteiger partial charge on any atom is -0.385 e. The summed E-state index contributed by atoms with van der Waals surface area (Å²) < 4.78 is 0. The van der Waals surface area contributed by atoms with Crippen LogP contribution in [0.25, 0.3) is 5.70 Å². The van der Waals surface area contributed by atoms with Gasteiger partial charge in [-0.25, -0.2) is 0 Å². The predicted octanol–water partition coefficient (Wildman–Crippen LogP) is 3.39. The summed E-state index contributed by atoms with van der Waals surface area (Å²) in [6.07, 6.45) is 0. The Balaban J connectivity index is 3.00. The molecule has 0 saturated carbocycles. The molecule has 0 heterocycles. The maximum absolute atomic E-state index is 4.05. The van der Waals surface area contributed by atoms with Crippen LogP contribution in [0.1, 0.15) is 37.8 Å². The summed E-state index contributed by atoms with van der Waals surface area (Å²) in [7, 11) is 0. The number of hydrogen-bond donors (Lipinski definition) is 1. The van der Waals surface area contributed by atoms with Crippen LogP contribution < -0.4 is 5.32 Å². The van der Waals surface area contributed by atoms with Crippen molar-refractivity contribution in [1.82, 2.24) is 5.32 Å². The van der Waals surface area contributed by atoms with Crippen LogP contribution in [0.15, 0.2) is 30.8 Å². The minimum atomic E-state index is 0.543. The highest BCUT2D eigenvalue weighted by Gasteiger charge is 2.07. The third-order valence-corrected chi connectivity index (χ3v) is 2.30. The van der Waals surface area contributed by atoms with Gasteiger partial charge in [0.15, 0.2) is 0 Å². The zero-order chi connectivity index (χ0) is 10.6. The largest absolute Gasteiger partial charge is 0.385 e. The molecule has 0 aromatic heterocycles. The summed E-state index contributed by atoms with van der Waals surface area (Å²) in [5.74, 6) is 0.543. The Morgan fingerprint density at radius 3 is 2.57 bits per heavy atom. The Hall–Kier alpha value is -1.24. The van der Waals surface area contributed by atoms with Gasteiger partial charge < -0.3 is 5.32 Å². The fourth-order valence-corrected chi connectivity index (χ4v) is 1.58. The van der Waals surface area contributed by atoms with E-state index in [1.54, 1.807) is 0 Å². The summed E-state index contributed by atoms with van der Waals surface area (Å²) in [4.78, 5) is 0.